The minimum absolute atomic E-state index is 0.283. The number of pyridine rings is 1. The van der Waals surface area contributed by atoms with Crippen LogP contribution in [0.25, 0.3) is 10.9 Å². The molecule has 6 nitrogen and oxygen atoms in total. The zero-order chi connectivity index (χ0) is 17.6. The predicted octanol–water partition coefficient (Wildman–Crippen LogP) is 4.08. The smallest absolute Gasteiger partial charge is 0.276 e. The Balaban J connectivity index is 1.69. The van der Waals surface area contributed by atoms with Crippen LogP contribution in [-0.2, 0) is 6.42 Å². The molecule has 2 aromatic heterocycles. The summed E-state index contributed by atoms with van der Waals surface area (Å²) in [6.07, 6.45) is 4.33. The molecule has 2 heterocycles. The molecule has 0 saturated carbocycles. The Kier molecular flexibility index (Phi) is 5.55. The highest BCUT2D eigenvalue weighted by atomic mass is 32.1. The monoisotopic (exact) mass is 356 g/mol. The van der Waals surface area contributed by atoms with Gasteiger partial charge >= 0.3 is 0 Å². The minimum atomic E-state index is -0.283. The molecule has 1 N–H and O–H groups in total. The maximum absolute atomic E-state index is 12.4. The van der Waals surface area contributed by atoms with Crippen molar-refractivity contribution in [2.75, 3.05) is 12.4 Å². The van der Waals surface area contributed by atoms with Gasteiger partial charge in [-0.05, 0) is 30.7 Å². The lowest BCUT2D eigenvalue weighted by atomic mass is 10.2. The average molecular weight is 356 g/mol. The number of hydrogen-bond acceptors (Lipinski definition) is 6. The molecule has 0 fully saturated rings. The zero-order valence-electron chi connectivity index (χ0n) is 14.3. The van der Waals surface area contributed by atoms with Gasteiger partial charge in [0, 0.05) is 11.8 Å². The molecule has 0 radical (unpaired) electrons. The molecule has 0 spiro atoms. The molecule has 1 aromatic carbocycles. The second-order valence-corrected chi connectivity index (χ2v) is 6.73. The molecule has 0 aliphatic heterocycles. The number of fused-ring (bicyclic) bond motifs is 1. The van der Waals surface area contributed by atoms with Crippen LogP contribution in [0.3, 0.4) is 0 Å². The number of anilines is 1. The highest BCUT2D eigenvalue weighted by Crippen LogP contribution is 2.21. The van der Waals surface area contributed by atoms with Crippen LogP contribution in [0.15, 0.2) is 30.3 Å². The highest BCUT2D eigenvalue weighted by Gasteiger charge is 2.12. The fraction of sp³-hybridized carbons (Fsp3) is 0.333. The lowest BCUT2D eigenvalue weighted by Crippen LogP contribution is -2.13. The van der Waals surface area contributed by atoms with Gasteiger partial charge in [-0.15, -0.1) is 10.2 Å². The third kappa shape index (κ3) is 4.30. The summed E-state index contributed by atoms with van der Waals surface area (Å²) >= 11 is 1.42. The van der Waals surface area contributed by atoms with Gasteiger partial charge in [-0.1, -0.05) is 37.2 Å². The van der Waals surface area contributed by atoms with Gasteiger partial charge in [0.05, 0.1) is 12.6 Å². The second kappa shape index (κ2) is 8.02. The van der Waals surface area contributed by atoms with E-state index in [2.05, 4.69) is 27.4 Å². The van der Waals surface area contributed by atoms with Crippen molar-refractivity contribution in [2.24, 2.45) is 0 Å². The number of rotatable bonds is 7. The summed E-state index contributed by atoms with van der Waals surface area (Å²) in [5.41, 5.74) is 1.09. The van der Waals surface area contributed by atoms with E-state index in [1.807, 2.05) is 24.3 Å². The number of carbonyl (C=O) groups excluding carboxylic acids is 1. The van der Waals surface area contributed by atoms with Crippen molar-refractivity contribution in [1.29, 1.82) is 0 Å². The van der Waals surface area contributed by atoms with Crippen molar-refractivity contribution >= 4 is 33.3 Å². The SMILES string of the molecule is CCCCCc1nnc(NC(=O)c2ccc3cc(OC)ccc3n2)s1. The van der Waals surface area contributed by atoms with E-state index in [0.717, 1.165) is 34.5 Å². The lowest BCUT2D eigenvalue weighted by molar-refractivity contribution is 0.102. The molecule has 0 unspecified atom stereocenters. The van der Waals surface area contributed by atoms with Crippen LogP contribution < -0.4 is 10.1 Å². The molecule has 1 amide bonds. The summed E-state index contributed by atoms with van der Waals surface area (Å²) in [6.45, 7) is 2.17. The lowest BCUT2D eigenvalue weighted by Gasteiger charge is -2.04. The maximum Gasteiger partial charge on any atom is 0.276 e. The van der Waals surface area contributed by atoms with E-state index in [1.54, 1.807) is 13.2 Å². The van der Waals surface area contributed by atoms with E-state index in [9.17, 15) is 4.79 Å². The third-order valence-corrected chi connectivity index (χ3v) is 4.71. The summed E-state index contributed by atoms with van der Waals surface area (Å²) in [5.74, 6) is 0.477. The Morgan fingerprint density at radius 2 is 2.08 bits per heavy atom. The number of benzene rings is 1. The summed E-state index contributed by atoms with van der Waals surface area (Å²) in [5, 5.41) is 13.3. The summed E-state index contributed by atoms with van der Waals surface area (Å²) in [4.78, 5) is 16.8. The standard InChI is InChI=1S/C18H20N4O2S/c1-3-4-5-6-16-21-22-18(25-16)20-17(23)15-9-7-12-11-13(24-2)8-10-14(12)19-15/h7-11H,3-6H2,1-2H3,(H,20,22,23). The topological polar surface area (TPSA) is 77.0 Å². The van der Waals surface area contributed by atoms with E-state index < -0.39 is 0 Å². The van der Waals surface area contributed by atoms with Crippen LogP contribution in [-0.4, -0.2) is 28.2 Å². The van der Waals surface area contributed by atoms with Crippen molar-refractivity contribution in [3.05, 3.63) is 41.0 Å². The van der Waals surface area contributed by atoms with Crippen molar-refractivity contribution in [3.63, 3.8) is 0 Å². The van der Waals surface area contributed by atoms with E-state index in [0.29, 0.717) is 10.8 Å². The van der Waals surface area contributed by atoms with Crippen molar-refractivity contribution in [2.45, 2.75) is 32.6 Å². The van der Waals surface area contributed by atoms with E-state index >= 15 is 0 Å². The number of nitrogens with zero attached hydrogens (tertiary/aromatic N) is 3. The molecule has 7 heteroatoms. The van der Waals surface area contributed by atoms with Crippen LogP contribution in [0.2, 0.25) is 0 Å². The first kappa shape index (κ1) is 17.3. The Labute approximate surface area is 150 Å². The molecule has 25 heavy (non-hydrogen) atoms. The molecule has 3 aromatic rings. The fourth-order valence-electron chi connectivity index (χ4n) is 2.45. The molecule has 3 rings (SSSR count). The van der Waals surface area contributed by atoms with Crippen LogP contribution in [0.1, 0.15) is 41.7 Å². The largest absolute Gasteiger partial charge is 0.497 e. The van der Waals surface area contributed by atoms with Gasteiger partial charge in [0.15, 0.2) is 0 Å². The van der Waals surface area contributed by atoms with Gasteiger partial charge in [0.2, 0.25) is 5.13 Å². The summed E-state index contributed by atoms with van der Waals surface area (Å²) in [7, 11) is 1.62. The number of carbonyl (C=O) groups is 1. The quantitative estimate of drug-likeness (QED) is 0.646. The average Bonchev–Trinajstić information content (AvgIpc) is 3.08. The zero-order valence-corrected chi connectivity index (χ0v) is 15.1. The number of aryl methyl sites for hydroxylation is 1. The van der Waals surface area contributed by atoms with E-state index in [-0.39, 0.29) is 5.91 Å². The van der Waals surface area contributed by atoms with Gasteiger partial charge in [-0.25, -0.2) is 4.98 Å². The number of amides is 1. The van der Waals surface area contributed by atoms with Gasteiger partial charge in [0.1, 0.15) is 16.5 Å². The molecule has 130 valence electrons. The third-order valence-electron chi connectivity index (χ3n) is 3.81. The molecule has 0 saturated heterocycles. The Morgan fingerprint density at radius 1 is 1.20 bits per heavy atom. The van der Waals surface area contributed by atoms with Crippen molar-refractivity contribution in [3.8, 4) is 5.75 Å². The number of nitrogens with one attached hydrogen (secondary N) is 1. The second-order valence-electron chi connectivity index (χ2n) is 5.67. The van der Waals surface area contributed by atoms with Crippen molar-refractivity contribution in [1.82, 2.24) is 15.2 Å². The predicted molar refractivity (Wildman–Crippen MR) is 99.4 cm³/mol. The van der Waals surface area contributed by atoms with Crippen LogP contribution in [0.4, 0.5) is 5.13 Å². The van der Waals surface area contributed by atoms with E-state index in [1.165, 1.54) is 24.2 Å². The summed E-state index contributed by atoms with van der Waals surface area (Å²) < 4.78 is 5.20. The molecule has 0 atom stereocenters. The van der Waals surface area contributed by atoms with Gasteiger partial charge in [0.25, 0.3) is 5.91 Å². The first-order chi connectivity index (χ1) is 12.2. The highest BCUT2D eigenvalue weighted by molar-refractivity contribution is 7.15. The maximum atomic E-state index is 12.4. The van der Waals surface area contributed by atoms with Gasteiger partial charge in [-0.3, -0.25) is 10.1 Å². The first-order valence-corrected chi connectivity index (χ1v) is 9.10. The minimum Gasteiger partial charge on any atom is -0.497 e. The fourth-order valence-corrected chi connectivity index (χ4v) is 3.23. The Morgan fingerprint density at radius 3 is 2.88 bits per heavy atom. The van der Waals surface area contributed by atoms with Gasteiger partial charge in [-0.2, -0.15) is 0 Å². The van der Waals surface area contributed by atoms with E-state index in [4.69, 9.17) is 4.74 Å². The number of hydrogen-bond donors (Lipinski definition) is 1. The Bertz CT molecular complexity index is 878. The number of ether oxygens (including phenoxy) is 1. The summed E-state index contributed by atoms with van der Waals surface area (Å²) in [6, 6.07) is 9.10. The normalized spacial score (nSPS) is 10.8. The number of methoxy groups -OCH3 is 1. The van der Waals surface area contributed by atoms with Gasteiger partial charge < -0.3 is 4.74 Å². The first-order valence-electron chi connectivity index (χ1n) is 8.28. The number of unbranched alkanes of at least 4 members (excludes halogenated alkanes) is 2. The molecular weight excluding hydrogens is 336 g/mol. The molecule has 0 aliphatic carbocycles. The number of aromatic nitrogens is 3. The molecule has 0 aliphatic rings. The molecular formula is C18H20N4O2S. The molecule has 0 bridgehead atoms. The van der Waals surface area contributed by atoms with Crippen LogP contribution in [0, 0.1) is 0 Å². The van der Waals surface area contributed by atoms with Crippen LogP contribution in [0.5, 0.6) is 5.75 Å². The van der Waals surface area contributed by atoms with Crippen LogP contribution >= 0.6 is 11.3 Å². The van der Waals surface area contributed by atoms with Crippen molar-refractivity contribution < 1.29 is 9.53 Å². The Hall–Kier alpha value is -2.54.